The second kappa shape index (κ2) is 10.8. The molecule has 1 aliphatic carbocycles. The van der Waals surface area contributed by atoms with E-state index in [-0.39, 0.29) is 5.97 Å². The quantitative estimate of drug-likeness (QED) is 0.342. The second-order valence-electron chi connectivity index (χ2n) is 10.9. The van der Waals surface area contributed by atoms with Crippen LogP contribution in [0.1, 0.15) is 83.8 Å². The molecule has 0 radical (unpaired) electrons. The van der Waals surface area contributed by atoms with Crippen LogP contribution in [0.5, 0.6) is 0 Å². The van der Waals surface area contributed by atoms with E-state index in [4.69, 9.17) is 9.72 Å². The van der Waals surface area contributed by atoms with Gasteiger partial charge in [-0.15, -0.1) is 0 Å². The molecule has 2 aromatic rings. The first-order chi connectivity index (χ1) is 16.8. The molecule has 188 valence electrons. The lowest BCUT2D eigenvalue weighted by atomic mass is 9.82. The van der Waals surface area contributed by atoms with Crippen molar-refractivity contribution in [1.82, 2.24) is 9.97 Å². The number of fused-ring (bicyclic) bond motifs is 3. The number of aromatic nitrogens is 2. The molecule has 35 heavy (non-hydrogen) atoms. The van der Waals surface area contributed by atoms with Gasteiger partial charge in [0.2, 0.25) is 5.95 Å². The zero-order chi connectivity index (χ0) is 25.0. The van der Waals surface area contributed by atoms with Gasteiger partial charge in [-0.05, 0) is 81.5 Å². The highest BCUT2D eigenvalue weighted by atomic mass is 16.6. The first-order valence-electron chi connectivity index (χ1n) is 13.1. The summed E-state index contributed by atoms with van der Waals surface area (Å²) in [4.78, 5) is 24.5. The normalized spacial score (nSPS) is 19.5. The largest absolute Gasteiger partial charge is 0.460 e. The number of hydrogen-bond donors (Lipinski definition) is 1. The van der Waals surface area contributed by atoms with Crippen molar-refractivity contribution < 1.29 is 9.53 Å². The number of anilines is 2. The molecule has 2 aliphatic rings. The molecule has 4 rings (SSSR count). The number of ether oxygens (including phenoxy) is 1. The summed E-state index contributed by atoms with van der Waals surface area (Å²) in [5.41, 5.74) is 4.30. The molecule has 1 N–H and O–H groups in total. The third-order valence-electron chi connectivity index (χ3n) is 6.98. The Morgan fingerprint density at radius 1 is 1.23 bits per heavy atom. The topological polar surface area (TPSA) is 67.4 Å². The predicted molar refractivity (Wildman–Crippen MR) is 143 cm³/mol. The lowest BCUT2D eigenvalue weighted by molar-refractivity contribution is -0.156. The SMILES string of the molecule is C=Cc1ccc2c(c1)CN(C1CCC(CC(=O)OC(C)(C)C)CC1)c1nc(NCCCC)ncc1-2. The van der Waals surface area contributed by atoms with Crippen LogP contribution >= 0.6 is 0 Å². The highest BCUT2D eigenvalue weighted by Gasteiger charge is 2.33. The Labute approximate surface area is 210 Å². The van der Waals surface area contributed by atoms with Gasteiger partial charge in [0, 0.05) is 37.3 Å². The lowest BCUT2D eigenvalue weighted by Gasteiger charge is -2.41. The van der Waals surface area contributed by atoms with Gasteiger partial charge in [-0.3, -0.25) is 4.79 Å². The number of benzene rings is 1. The molecular weight excluding hydrogens is 436 g/mol. The summed E-state index contributed by atoms with van der Waals surface area (Å²) in [6.45, 7) is 13.6. The van der Waals surface area contributed by atoms with E-state index < -0.39 is 5.60 Å². The molecule has 6 heteroatoms. The molecule has 0 spiro atoms. The predicted octanol–water partition coefficient (Wildman–Crippen LogP) is 6.61. The van der Waals surface area contributed by atoms with Crippen molar-refractivity contribution in [2.75, 3.05) is 16.8 Å². The van der Waals surface area contributed by atoms with Crippen LogP contribution < -0.4 is 10.2 Å². The maximum atomic E-state index is 12.4. The van der Waals surface area contributed by atoms with Crippen molar-refractivity contribution in [3.05, 3.63) is 42.1 Å². The van der Waals surface area contributed by atoms with E-state index in [9.17, 15) is 4.79 Å². The number of carbonyl (C=O) groups excluding carboxylic acids is 1. The minimum Gasteiger partial charge on any atom is -0.460 e. The summed E-state index contributed by atoms with van der Waals surface area (Å²) in [6.07, 6.45) is 10.8. The van der Waals surface area contributed by atoms with E-state index in [0.717, 1.165) is 68.6 Å². The number of esters is 1. The van der Waals surface area contributed by atoms with Crippen molar-refractivity contribution in [3.8, 4) is 11.1 Å². The summed E-state index contributed by atoms with van der Waals surface area (Å²) >= 11 is 0. The number of hydrogen-bond acceptors (Lipinski definition) is 6. The summed E-state index contributed by atoms with van der Waals surface area (Å²) in [5.74, 6) is 2.03. The molecule has 1 saturated carbocycles. The van der Waals surface area contributed by atoms with Gasteiger partial charge < -0.3 is 15.0 Å². The van der Waals surface area contributed by atoms with E-state index in [1.165, 1.54) is 11.1 Å². The first-order valence-corrected chi connectivity index (χ1v) is 13.1. The molecular formula is C29H40N4O2. The van der Waals surface area contributed by atoms with Crippen molar-refractivity contribution >= 4 is 23.8 Å². The Hall–Kier alpha value is -2.89. The van der Waals surface area contributed by atoms with Gasteiger partial charge >= 0.3 is 5.97 Å². The van der Waals surface area contributed by atoms with Crippen LogP contribution in [0.15, 0.2) is 31.0 Å². The first kappa shape index (κ1) is 25.2. The molecule has 1 aromatic heterocycles. The number of rotatable bonds is 8. The molecule has 0 unspecified atom stereocenters. The van der Waals surface area contributed by atoms with Gasteiger partial charge in [-0.2, -0.15) is 4.98 Å². The Kier molecular flexibility index (Phi) is 7.78. The van der Waals surface area contributed by atoms with Crippen molar-refractivity contribution in [3.63, 3.8) is 0 Å². The fourth-order valence-corrected chi connectivity index (χ4v) is 5.22. The lowest BCUT2D eigenvalue weighted by Crippen LogP contribution is -2.40. The standard InChI is InChI=1S/C29H40N4O2/c1-6-8-15-30-28-31-18-25-24-14-11-20(7-2)16-22(24)19-33(27(25)32-28)23-12-9-21(10-13-23)17-26(34)35-29(3,4)5/h7,11,14,16,18,21,23H,2,6,8-10,12-13,15,17,19H2,1,3-5H3,(H,30,31,32). The minimum atomic E-state index is -0.425. The Morgan fingerprint density at radius 2 is 2.00 bits per heavy atom. The van der Waals surface area contributed by atoms with Crippen LogP contribution in [0.3, 0.4) is 0 Å². The monoisotopic (exact) mass is 476 g/mol. The smallest absolute Gasteiger partial charge is 0.306 e. The van der Waals surface area contributed by atoms with Gasteiger partial charge in [-0.1, -0.05) is 38.1 Å². The number of carbonyl (C=O) groups is 1. The van der Waals surface area contributed by atoms with Crippen molar-refractivity contribution in [1.29, 1.82) is 0 Å². The third kappa shape index (κ3) is 6.22. The van der Waals surface area contributed by atoms with Gasteiger partial charge in [-0.25, -0.2) is 4.98 Å². The maximum Gasteiger partial charge on any atom is 0.306 e. The zero-order valence-corrected chi connectivity index (χ0v) is 21.8. The summed E-state index contributed by atoms with van der Waals surface area (Å²) in [6, 6.07) is 6.91. The Morgan fingerprint density at radius 3 is 2.69 bits per heavy atom. The molecule has 0 bridgehead atoms. The molecule has 0 saturated heterocycles. The van der Waals surface area contributed by atoms with E-state index in [0.29, 0.717) is 24.3 Å². The van der Waals surface area contributed by atoms with E-state index in [1.807, 2.05) is 33.0 Å². The van der Waals surface area contributed by atoms with Gasteiger partial charge in [0.05, 0.1) is 0 Å². The van der Waals surface area contributed by atoms with Crippen LogP contribution in [0, 0.1) is 5.92 Å². The Balaban J connectivity index is 1.53. The van der Waals surface area contributed by atoms with Crippen molar-refractivity contribution in [2.45, 2.75) is 90.8 Å². The van der Waals surface area contributed by atoms with Crippen LogP contribution in [0.4, 0.5) is 11.8 Å². The summed E-state index contributed by atoms with van der Waals surface area (Å²) in [5, 5.41) is 3.40. The van der Waals surface area contributed by atoms with Crippen LogP contribution in [-0.4, -0.2) is 34.1 Å². The summed E-state index contributed by atoms with van der Waals surface area (Å²) in [7, 11) is 0. The fraction of sp³-hybridized carbons (Fsp3) is 0.552. The molecule has 1 fully saturated rings. The van der Waals surface area contributed by atoms with Gasteiger partial charge in [0.25, 0.3) is 0 Å². The number of nitrogens with one attached hydrogen (secondary N) is 1. The zero-order valence-electron chi connectivity index (χ0n) is 21.8. The van der Waals surface area contributed by atoms with Crippen LogP contribution in [0.25, 0.3) is 17.2 Å². The molecule has 1 aliphatic heterocycles. The van der Waals surface area contributed by atoms with E-state index in [2.05, 4.69) is 46.9 Å². The molecule has 1 aromatic carbocycles. The molecule has 0 atom stereocenters. The highest BCUT2D eigenvalue weighted by molar-refractivity contribution is 5.82. The van der Waals surface area contributed by atoms with Crippen LogP contribution in [0.2, 0.25) is 0 Å². The highest BCUT2D eigenvalue weighted by Crippen LogP contribution is 2.42. The van der Waals surface area contributed by atoms with Crippen molar-refractivity contribution in [2.24, 2.45) is 5.92 Å². The third-order valence-corrected chi connectivity index (χ3v) is 6.98. The van der Waals surface area contributed by atoms with Crippen LogP contribution in [-0.2, 0) is 16.1 Å². The Bertz CT molecular complexity index is 1050. The molecule has 6 nitrogen and oxygen atoms in total. The minimum absolute atomic E-state index is 0.0781. The fourth-order valence-electron chi connectivity index (χ4n) is 5.22. The number of unbranched alkanes of at least 4 members (excludes halogenated alkanes) is 1. The van der Waals surface area contributed by atoms with E-state index in [1.54, 1.807) is 0 Å². The molecule has 2 heterocycles. The summed E-state index contributed by atoms with van der Waals surface area (Å²) < 4.78 is 5.56. The van der Waals surface area contributed by atoms with Gasteiger partial charge in [0.1, 0.15) is 11.4 Å². The molecule has 0 amide bonds. The average molecular weight is 477 g/mol. The van der Waals surface area contributed by atoms with E-state index >= 15 is 0 Å². The second-order valence-corrected chi connectivity index (χ2v) is 10.9. The maximum absolute atomic E-state index is 12.4. The van der Waals surface area contributed by atoms with Gasteiger partial charge in [0.15, 0.2) is 0 Å². The average Bonchev–Trinajstić information content (AvgIpc) is 2.82. The number of nitrogens with zero attached hydrogens (tertiary/aromatic N) is 3.